The first-order chi connectivity index (χ1) is 9.63. The van der Waals surface area contributed by atoms with Gasteiger partial charge in [-0.05, 0) is 46.7 Å². The third kappa shape index (κ3) is 3.32. The lowest BCUT2D eigenvalue weighted by Crippen LogP contribution is -2.41. The largest absolute Gasteiger partial charge is 0.348 e. The van der Waals surface area contributed by atoms with Gasteiger partial charge >= 0.3 is 0 Å². The van der Waals surface area contributed by atoms with Gasteiger partial charge in [0.05, 0.1) is 5.69 Å². The topological polar surface area (TPSA) is 31.4 Å². The van der Waals surface area contributed by atoms with Crippen molar-refractivity contribution in [1.29, 1.82) is 0 Å². The van der Waals surface area contributed by atoms with E-state index in [0.29, 0.717) is 0 Å². The van der Waals surface area contributed by atoms with Crippen LogP contribution in [0.25, 0.3) is 0 Å². The van der Waals surface area contributed by atoms with E-state index in [2.05, 4.69) is 36.1 Å². The molecule has 0 bridgehead atoms. The van der Waals surface area contributed by atoms with Crippen molar-refractivity contribution in [3.63, 3.8) is 0 Å². The number of nitrogens with one attached hydrogen (secondary N) is 1. The maximum Gasteiger partial charge on any atom is 0.185 e. The molecule has 1 saturated carbocycles. The van der Waals surface area contributed by atoms with Crippen LogP contribution in [0.5, 0.6) is 0 Å². The van der Waals surface area contributed by atoms with Crippen molar-refractivity contribution in [3.8, 4) is 0 Å². The second kappa shape index (κ2) is 6.00. The highest BCUT2D eigenvalue weighted by molar-refractivity contribution is 7.15. The van der Waals surface area contributed by atoms with Crippen molar-refractivity contribution in [2.45, 2.75) is 51.2 Å². The molecule has 0 amide bonds. The van der Waals surface area contributed by atoms with Crippen molar-refractivity contribution in [2.24, 2.45) is 0 Å². The van der Waals surface area contributed by atoms with E-state index < -0.39 is 0 Å². The van der Waals surface area contributed by atoms with Crippen LogP contribution in [0, 0.1) is 6.92 Å². The molecule has 1 saturated heterocycles. The van der Waals surface area contributed by atoms with Gasteiger partial charge in [0.15, 0.2) is 5.13 Å². The Morgan fingerprint density at radius 2 is 1.95 bits per heavy atom. The molecule has 112 valence electrons. The molecule has 1 aromatic heterocycles. The number of anilines is 1. The first-order valence-electron chi connectivity index (χ1n) is 7.74. The molecule has 1 aliphatic carbocycles. The first kappa shape index (κ1) is 14.3. The zero-order valence-corrected chi connectivity index (χ0v) is 13.7. The molecule has 1 N–H and O–H groups in total. The molecular formula is C15H26N4S. The first-order valence-corrected chi connectivity index (χ1v) is 8.56. The maximum atomic E-state index is 4.79. The van der Waals surface area contributed by atoms with Crippen molar-refractivity contribution in [1.82, 2.24) is 15.2 Å². The second-order valence-corrected chi connectivity index (χ2v) is 7.40. The fourth-order valence-electron chi connectivity index (χ4n) is 2.81. The molecule has 5 heteroatoms. The van der Waals surface area contributed by atoms with E-state index in [-0.39, 0.29) is 0 Å². The molecule has 0 radical (unpaired) electrons. The number of piperidine rings is 1. The highest BCUT2D eigenvalue weighted by Gasteiger charge is 2.24. The zero-order valence-electron chi connectivity index (χ0n) is 12.9. The Morgan fingerprint density at radius 3 is 2.55 bits per heavy atom. The fraction of sp³-hybridized carbons (Fsp3) is 0.800. The molecule has 0 unspecified atom stereocenters. The van der Waals surface area contributed by atoms with Gasteiger partial charge in [-0.2, -0.15) is 0 Å². The van der Waals surface area contributed by atoms with Crippen LogP contribution in [-0.4, -0.2) is 49.2 Å². The standard InChI is InChI=1S/C15H26N4S/c1-11-14(10-16-12-4-5-12)20-15(17-11)19-8-6-13(7-9-19)18(2)3/h12-13,16H,4-10H2,1-3H3. The quantitative estimate of drug-likeness (QED) is 0.902. The van der Waals surface area contributed by atoms with Crippen LogP contribution >= 0.6 is 11.3 Å². The maximum absolute atomic E-state index is 4.79. The van der Waals surface area contributed by atoms with Gasteiger partial charge in [-0.1, -0.05) is 0 Å². The smallest absolute Gasteiger partial charge is 0.185 e. The monoisotopic (exact) mass is 294 g/mol. The Balaban J connectivity index is 1.58. The number of hydrogen-bond donors (Lipinski definition) is 1. The summed E-state index contributed by atoms with van der Waals surface area (Å²) in [5.74, 6) is 0. The van der Waals surface area contributed by atoms with Crippen LogP contribution in [0.3, 0.4) is 0 Å². The molecule has 2 aliphatic rings. The Labute approximate surface area is 126 Å². The molecular weight excluding hydrogens is 268 g/mol. The molecule has 1 aliphatic heterocycles. The van der Waals surface area contributed by atoms with Gasteiger partial charge in [0.1, 0.15) is 0 Å². The summed E-state index contributed by atoms with van der Waals surface area (Å²) in [6.45, 7) is 5.44. The Kier molecular flexibility index (Phi) is 4.29. The van der Waals surface area contributed by atoms with Gasteiger partial charge in [-0.15, -0.1) is 11.3 Å². The van der Waals surface area contributed by atoms with Crippen LogP contribution in [0.2, 0.25) is 0 Å². The summed E-state index contributed by atoms with van der Waals surface area (Å²) in [7, 11) is 4.38. The number of rotatable bonds is 5. The third-order valence-electron chi connectivity index (χ3n) is 4.48. The third-order valence-corrected chi connectivity index (χ3v) is 5.69. The van der Waals surface area contributed by atoms with Gasteiger partial charge in [0.25, 0.3) is 0 Å². The van der Waals surface area contributed by atoms with Crippen molar-refractivity contribution in [2.75, 3.05) is 32.1 Å². The summed E-state index contributed by atoms with van der Waals surface area (Å²) < 4.78 is 0. The van der Waals surface area contributed by atoms with Crippen LogP contribution < -0.4 is 10.2 Å². The van der Waals surface area contributed by atoms with E-state index in [1.807, 2.05) is 11.3 Å². The molecule has 1 aromatic rings. The Bertz CT molecular complexity index is 445. The van der Waals surface area contributed by atoms with Crippen LogP contribution in [-0.2, 0) is 6.54 Å². The summed E-state index contributed by atoms with van der Waals surface area (Å²) in [4.78, 5) is 11.0. The van der Waals surface area contributed by atoms with Crippen molar-refractivity contribution < 1.29 is 0 Å². The normalized spacial score (nSPS) is 20.9. The summed E-state index contributed by atoms with van der Waals surface area (Å²) in [5, 5.41) is 4.83. The number of thiazole rings is 1. The molecule has 4 nitrogen and oxygen atoms in total. The highest BCUT2D eigenvalue weighted by Crippen LogP contribution is 2.29. The van der Waals surface area contributed by atoms with Crippen LogP contribution in [0.1, 0.15) is 36.3 Å². The predicted molar refractivity (Wildman–Crippen MR) is 85.6 cm³/mol. The number of aromatic nitrogens is 1. The van der Waals surface area contributed by atoms with E-state index in [1.165, 1.54) is 41.4 Å². The lowest BCUT2D eigenvalue weighted by atomic mass is 10.0. The summed E-state index contributed by atoms with van der Waals surface area (Å²) in [6.07, 6.45) is 5.20. The highest BCUT2D eigenvalue weighted by atomic mass is 32.1. The molecule has 2 heterocycles. The molecule has 0 spiro atoms. The van der Waals surface area contributed by atoms with Gasteiger partial charge in [-0.3, -0.25) is 0 Å². The van der Waals surface area contributed by atoms with E-state index in [4.69, 9.17) is 4.98 Å². The molecule has 20 heavy (non-hydrogen) atoms. The Morgan fingerprint density at radius 1 is 1.25 bits per heavy atom. The number of nitrogens with zero attached hydrogens (tertiary/aromatic N) is 3. The van der Waals surface area contributed by atoms with Gasteiger partial charge in [-0.25, -0.2) is 4.98 Å². The van der Waals surface area contributed by atoms with Gasteiger partial charge < -0.3 is 15.1 Å². The minimum Gasteiger partial charge on any atom is -0.348 e. The van der Waals surface area contributed by atoms with E-state index >= 15 is 0 Å². The molecule has 3 rings (SSSR count). The zero-order chi connectivity index (χ0) is 14.1. The van der Waals surface area contributed by atoms with Crippen molar-refractivity contribution in [3.05, 3.63) is 10.6 Å². The number of hydrogen-bond acceptors (Lipinski definition) is 5. The average molecular weight is 294 g/mol. The molecule has 0 atom stereocenters. The Hall–Kier alpha value is -0.650. The lowest BCUT2D eigenvalue weighted by molar-refractivity contribution is 0.249. The summed E-state index contributed by atoms with van der Waals surface area (Å²) >= 11 is 1.88. The summed E-state index contributed by atoms with van der Waals surface area (Å²) in [5.41, 5.74) is 1.22. The average Bonchev–Trinajstić information content (AvgIpc) is 3.20. The van der Waals surface area contributed by atoms with Crippen LogP contribution in [0.4, 0.5) is 5.13 Å². The van der Waals surface area contributed by atoms with Crippen molar-refractivity contribution >= 4 is 16.5 Å². The minimum absolute atomic E-state index is 0.739. The molecule has 2 fully saturated rings. The number of aryl methyl sites for hydroxylation is 1. The lowest BCUT2D eigenvalue weighted by Gasteiger charge is -2.35. The predicted octanol–water partition coefficient (Wildman–Crippen LogP) is 2.23. The SMILES string of the molecule is Cc1nc(N2CCC(N(C)C)CC2)sc1CNC1CC1. The van der Waals surface area contributed by atoms with Gasteiger partial charge in [0.2, 0.25) is 0 Å². The summed E-state index contributed by atoms with van der Waals surface area (Å²) in [6, 6.07) is 1.51. The molecule has 0 aromatic carbocycles. The minimum atomic E-state index is 0.739. The van der Waals surface area contributed by atoms with Gasteiger partial charge in [0, 0.05) is 36.6 Å². The van der Waals surface area contributed by atoms with Crippen LogP contribution in [0.15, 0.2) is 0 Å². The second-order valence-electron chi connectivity index (χ2n) is 6.34. The van der Waals surface area contributed by atoms with E-state index in [9.17, 15) is 0 Å². The fourth-order valence-corrected chi connectivity index (χ4v) is 3.87. The van der Waals surface area contributed by atoms with E-state index in [0.717, 1.165) is 31.7 Å². The van der Waals surface area contributed by atoms with E-state index in [1.54, 1.807) is 0 Å².